The van der Waals surface area contributed by atoms with Crippen LogP contribution < -0.4 is 15.4 Å². The number of H-pyrrole nitrogens is 1. The first-order chi connectivity index (χ1) is 11.1. The fourth-order valence-electron chi connectivity index (χ4n) is 2.32. The van der Waals surface area contributed by atoms with Crippen LogP contribution in [0.15, 0.2) is 36.5 Å². The molecule has 7 nitrogen and oxygen atoms in total. The van der Waals surface area contributed by atoms with Gasteiger partial charge in [-0.3, -0.25) is 5.10 Å². The largest absolute Gasteiger partial charge is 0.496 e. The Hall–Kier alpha value is -2.54. The lowest BCUT2D eigenvalue weighted by molar-refractivity contribution is 0.231. The molecule has 1 unspecified atom stereocenters. The van der Waals surface area contributed by atoms with Crippen molar-refractivity contribution in [3.63, 3.8) is 0 Å². The number of likely N-dealkylation sites (N-methyl/N-ethyl adjacent to an activating group) is 1. The van der Waals surface area contributed by atoms with Crippen molar-refractivity contribution >= 4 is 6.03 Å². The molecular weight excluding hydrogens is 294 g/mol. The minimum absolute atomic E-state index is 0.0176. The lowest BCUT2D eigenvalue weighted by Crippen LogP contribution is -2.40. The highest BCUT2D eigenvalue weighted by Crippen LogP contribution is 2.27. The molecule has 0 saturated heterocycles. The average molecular weight is 317 g/mol. The quantitative estimate of drug-likeness (QED) is 0.723. The number of amides is 2. The van der Waals surface area contributed by atoms with Crippen LogP contribution in [-0.4, -0.2) is 48.9 Å². The molecule has 2 amide bonds. The molecule has 0 spiro atoms. The normalized spacial score (nSPS) is 12.0. The molecule has 2 aromatic rings. The van der Waals surface area contributed by atoms with Crippen molar-refractivity contribution in [1.82, 2.24) is 25.7 Å². The number of rotatable bonds is 7. The number of nitrogens with one attached hydrogen (secondary N) is 3. The summed E-state index contributed by atoms with van der Waals surface area (Å²) in [6.45, 7) is 0.884. The molecule has 0 radical (unpaired) electrons. The van der Waals surface area contributed by atoms with Gasteiger partial charge in [-0.05, 0) is 26.2 Å². The molecule has 0 saturated carbocycles. The summed E-state index contributed by atoms with van der Waals surface area (Å²) in [6, 6.07) is 9.44. The highest BCUT2D eigenvalue weighted by molar-refractivity contribution is 5.73. The zero-order valence-electron chi connectivity index (χ0n) is 13.7. The third kappa shape index (κ3) is 4.72. The molecule has 1 atom stereocenters. The SMILES string of the molecule is COc1ccccc1C(CNC(=O)NCc1ccn[nH]1)N(C)C. The molecule has 1 aromatic heterocycles. The van der Waals surface area contributed by atoms with Gasteiger partial charge in [0.15, 0.2) is 0 Å². The van der Waals surface area contributed by atoms with Crippen LogP contribution in [-0.2, 0) is 6.54 Å². The number of urea groups is 1. The number of aromatic nitrogens is 2. The standard InChI is InChI=1S/C16H23N5O2/c1-21(2)14(13-6-4-5-7-15(13)23-3)11-18-16(22)17-10-12-8-9-19-20-12/h4-9,14H,10-11H2,1-3H3,(H,19,20)(H2,17,18,22). The van der Waals surface area contributed by atoms with E-state index in [-0.39, 0.29) is 12.1 Å². The summed E-state index contributed by atoms with van der Waals surface area (Å²) in [5.74, 6) is 0.811. The van der Waals surface area contributed by atoms with Crippen LogP contribution in [0.3, 0.4) is 0 Å². The summed E-state index contributed by atoms with van der Waals surface area (Å²) in [5.41, 5.74) is 1.89. The van der Waals surface area contributed by atoms with Gasteiger partial charge < -0.3 is 20.3 Å². The second-order valence-electron chi connectivity index (χ2n) is 5.37. The van der Waals surface area contributed by atoms with Gasteiger partial charge in [-0.2, -0.15) is 5.10 Å². The van der Waals surface area contributed by atoms with Crippen molar-refractivity contribution in [1.29, 1.82) is 0 Å². The number of nitrogens with zero attached hydrogens (tertiary/aromatic N) is 2. The monoisotopic (exact) mass is 317 g/mol. The highest BCUT2D eigenvalue weighted by Gasteiger charge is 2.18. The van der Waals surface area contributed by atoms with Crippen LogP contribution >= 0.6 is 0 Å². The number of carbonyl (C=O) groups is 1. The van der Waals surface area contributed by atoms with E-state index in [4.69, 9.17) is 4.74 Å². The minimum Gasteiger partial charge on any atom is -0.496 e. The molecule has 2 rings (SSSR count). The molecular formula is C16H23N5O2. The maximum atomic E-state index is 11.9. The predicted octanol–water partition coefficient (Wildman–Crippen LogP) is 1.52. The molecule has 0 aliphatic heterocycles. The molecule has 1 aromatic carbocycles. The lowest BCUT2D eigenvalue weighted by Gasteiger charge is -2.26. The van der Waals surface area contributed by atoms with E-state index in [0.717, 1.165) is 17.0 Å². The molecule has 0 aliphatic rings. The fourth-order valence-corrected chi connectivity index (χ4v) is 2.32. The topological polar surface area (TPSA) is 82.3 Å². The second-order valence-corrected chi connectivity index (χ2v) is 5.37. The summed E-state index contributed by atoms with van der Waals surface area (Å²) in [7, 11) is 5.60. The number of carbonyl (C=O) groups excluding carboxylic acids is 1. The van der Waals surface area contributed by atoms with E-state index >= 15 is 0 Å². The van der Waals surface area contributed by atoms with Gasteiger partial charge in [0, 0.05) is 18.3 Å². The molecule has 1 heterocycles. The van der Waals surface area contributed by atoms with Crippen LogP contribution in [0.2, 0.25) is 0 Å². The number of ether oxygens (including phenoxy) is 1. The highest BCUT2D eigenvalue weighted by atomic mass is 16.5. The average Bonchev–Trinajstić information content (AvgIpc) is 3.06. The Morgan fingerprint density at radius 3 is 2.74 bits per heavy atom. The number of benzene rings is 1. The van der Waals surface area contributed by atoms with Gasteiger partial charge in [0.1, 0.15) is 5.75 Å². The predicted molar refractivity (Wildman–Crippen MR) is 88.2 cm³/mol. The second kappa shape index (κ2) is 8.19. The third-order valence-corrected chi connectivity index (χ3v) is 3.58. The Bertz CT molecular complexity index is 613. The van der Waals surface area contributed by atoms with E-state index in [1.807, 2.05) is 49.3 Å². The van der Waals surface area contributed by atoms with E-state index in [9.17, 15) is 4.79 Å². The summed E-state index contributed by atoms with van der Waals surface area (Å²) in [6.07, 6.45) is 1.65. The van der Waals surface area contributed by atoms with Crippen LogP contribution in [0.4, 0.5) is 4.79 Å². The van der Waals surface area contributed by atoms with Gasteiger partial charge in [-0.25, -0.2) is 4.79 Å². The molecule has 124 valence electrons. The van der Waals surface area contributed by atoms with Crippen LogP contribution in [0.1, 0.15) is 17.3 Å². The van der Waals surface area contributed by atoms with E-state index in [1.54, 1.807) is 13.3 Å². The van der Waals surface area contributed by atoms with Crippen molar-refractivity contribution in [2.24, 2.45) is 0 Å². The fraction of sp³-hybridized carbons (Fsp3) is 0.375. The van der Waals surface area contributed by atoms with Gasteiger partial charge >= 0.3 is 6.03 Å². The molecule has 0 aliphatic carbocycles. The van der Waals surface area contributed by atoms with Gasteiger partial charge in [0.25, 0.3) is 0 Å². The summed E-state index contributed by atoms with van der Waals surface area (Å²) >= 11 is 0. The van der Waals surface area contributed by atoms with Gasteiger partial charge in [-0.1, -0.05) is 18.2 Å². The Kier molecular flexibility index (Phi) is 5.99. The Morgan fingerprint density at radius 2 is 2.09 bits per heavy atom. The summed E-state index contributed by atoms with van der Waals surface area (Å²) in [4.78, 5) is 14.0. The zero-order chi connectivity index (χ0) is 16.7. The first-order valence-electron chi connectivity index (χ1n) is 7.41. The van der Waals surface area contributed by atoms with Gasteiger partial charge in [0.2, 0.25) is 0 Å². The van der Waals surface area contributed by atoms with E-state index < -0.39 is 0 Å². The number of hydrogen-bond donors (Lipinski definition) is 3. The van der Waals surface area contributed by atoms with Gasteiger partial charge in [0.05, 0.1) is 25.4 Å². The van der Waals surface area contributed by atoms with E-state index in [2.05, 4.69) is 20.8 Å². The number of para-hydroxylation sites is 1. The first-order valence-corrected chi connectivity index (χ1v) is 7.41. The van der Waals surface area contributed by atoms with E-state index in [0.29, 0.717) is 13.1 Å². The number of hydrogen-bond acceptors (Lipinski definition) is 4. The van der Waals surface area contributed by atoms with Crippen molar-refractivity contribution in [2.45, 2.75) is 12.6 Å². The van der Waals surface area contributed by atoms with Crippen LogP contribution in [0, 0.1) is 0 Å². The zero-order valence-corrected chi connectivity index (χ0v) is 13.7. The smallest absolute Gasteiger partial charge is 0.315 e. The van der Waals surface area contributed by atoms with Gasteiger partial charge in [-0.15, -0.1) is 0 Å². The molecule has 23 heavy (non-hydrogen) atoms. The van der Waals surface area contributed by atoms with Crippen molar-refractivity contribution in [2.75, 3.05) is 27.7 Å². The molecule has 7 heteroatoms. The molecule has 0 bridgehead atoms. The number of methoxy groups -OCH3 is 1. The third-order valence-electron chi connectivity index (χ3n) is 3.58. The van der Waals surface area contributed by atoms with Crippen molar-refractivity contribution < 1.29 is 9.53 Å². The molecule has 3 N–H and O–H groups in total. The van der Waals surface area contributed by atoms with Crippen LogP contribution in [0.5, 0.6) is 5.75 Å². The van der Waals surface area contributed by atoms with Crippen molar-refractivity contribution in [3.8, 4) is 5.75 Å². The maximum absolute atomic E-state index is 11.9. The lowest BCUT2D eigenvalue weighted by atomic mass is 10.0. The number of aromatic amines is 1. The van der Waals surface area contributed by atoms with Crippen LogP contribution in [0.25, 0.3) is 0 Å². The summed E-state index contributed by atoms with van der Waals surface area (Å²) < 4.78 is 5.41. The Balaban J connectivity index is 1.93. The first kappa shape index (κ1) is 16.8. The van der Waals surface area contributed by atoms with E-state index in [1.165, 1.54) is 0 Å². The summed E-state index contributed by atoms with van der Waals surface area (Å²) in [5, 5.41) is 12.3. The maximum Gasteiger partial charge on any atom is 0.315 e. The minimum atomic E-state index is -0.221. The molecule has 0 fully saturated rings. The van der Waals surface area contributed by atoms with Crippen molar-refractivity contribution in [3.05, 3.63) is 47.8 Å². The Labute approximate surface area is 136 Å². The Morgan fingerprint density at radius 1 is 1.30 bits per heavy atom.